The van der Waals surface area contributed by atoms with E-state index in [4.69, 9.17) is 37.2 Å². The van der Waals surface area contributed by atoms with Gasteiger partial charge in [-0.05, 0) is 36.4 Å². The van der Waals surface area contributed by atoms with Crippen LogP contribution in [0.3, 0.4) is 0 Å². The van der Waals surface area contributed by atoms with E-state index in [9.17, 15) is 0 Å². The van der Waals surface area contributed by atoms with Crippen molar-refractivity contribution in [3.05, 3.63) is 52.3 Å². The van der Waals surface area contributed by atoms with E-state index in [1.165, 1.54) is 11.8 Å². The Bertz CT molecular complexity index is 886. The maximum absolute atomic E-state index is 6.15. The number of rotatable bonds is 6. The summed E-state index contributed by atoms with van der Waals surface area (Å²) in [7, 11) is 3.16. The highest BCUT2D eigenvalue weighted by atomic mass is 35.5. The summed E-state index contributed by atoms with van der Waals surface area (Å²) in [4.78, 5) is 5.27. The van der Waals surface area contributed by atoms with Crippen LogP contribution in [0.25, 0.3) is 11.4 Å². The second-order valence-electron chi connectivity index (χ2n) is 4.94. The van der Waals surface area contributed by atoms with Crippen molar-refractivity contribution in [3.63, 3.8) is 0 Å². The summed E-state index contributed by atoms with van der Waals surface area (Å²) in [5.41, 5.74) is 0.776. The Morgan fingerprint density at radius 1 is 1.04 bits per heavy atom. The van der Waals surface area contributed by atoms with E-state index in [-0.39, 0.29) is 0 Å². The maximum atomic E-state index is 6.15. The number of thioether (sulfide) groups is 1. The zero-order valence-corrected chi connectivity index (χ0v) is 15.8. The summed E-state index contributed by atoms with van der Waals surface area (Å²) in [5.74, 6) is 2.70. The standard InChI is InChI=1S/C17H14Cl2N2O3S/c1-22-13-6-3-10(7-14(13)23-2)17-20-16(24-21-17)9-25-15-8-11(18)4-5-12(15)19/h3-8H,9H2,1-2H3. The molecule has 0 N–H and O–H groups in total. The maximum Gasteiger partial charge on any atom is 0.237 e. The van der Waals surface area contributed by atoms with Crippen molar-refractivity contribution in [1.29, 1.82) is 0 Å². The number of nitrogens with zero attached hydrogens (tertiary/aromatic N) is 2. The molecule has 0 spiro atoms. The molecule has 0 atom stereocenters. The topological polar surface area (TPSA) is 57.4 Å². The Labute approximate surface area is 159 Å². The monoisotopic (exact) mass is 396 g/mol. The van der Waals surface area contributed by atoms with Crippen LogP contribution in [0.4, 0.5) is 0 Å². The van der Waals surface area contributed by atoms with Gasteiger partial charge >= 0.3 is 0 Å². The zero-order valence-electron chi connectivity index (χ0n) is 13.5. The summed E-state index contributed by atoms with van der Waals surface area (Å²) in [6.07, 6.45) is 0. The second kappa shape index (κ2) is 7.99. The van der Waals surface area contributed by atoms with Gasteiger partial charge in [0.2, 0.25) is 11.7 Å². The number of methoxy groups -OCH3 is 2. The SMILES string of the molecule is COc1ccc(-c2noc(CSc3cc(Cl)ccc3Cl)n2)cc1OC. The van der Waals surface area contributed by atoms with Crippen LogP contribution in [0.15, 0.2) is 45.8 Å². The molecule has 5 nitrogen and oxygen atoms in total. The van der Waals surface area contributed by atoms with E-state index in [0.29, 0.717) is 39.0 Å². The predicted molar refractivity (Wildman–Crippen MR) is 98.9 cm³/mol. The normalized spacial score (nSPS) is 10.7. The zero-order chi connectivity index (χ0) is 17.8. The molecular weight excluding hydrogens is 383 g/mol. The summed E-state index contributed by atoms with van der Waals surface area (Å²) >= 11 is 13.6. The molecule has 0 aliphatic carbocycles. The first kappa shape index (κ1) is 17.9. The van der Waals surface area contributed by atoms with Crippen LogP contribution in [0.1, 0.15) is 5.89 Å². The Kier molecular flexibility index (Phi) is 5.73. The molecule has 2 aromatic carbocycles. The molecule has 1 aromatic heterocycles. The highest BCUT2D eigenvalue weighted by Gasteiger charge is 2.13. The first-order valence-electron chi connectivity index (χ1n) is 7.23. The van der Waals surface area contributed by atoms with Gasteiger partial charge in [0.1, 0.15) is 0 Å². The number of hydrogen-bond donors (Lipinski definition) is 0. The fourth-order valence-corrected chi connectivity index (χ4v) is 3.46. The molecule has 8 heteroatoms. The molecule has 1 heterocycles. The molecule has 0 aliphatic rings. The minimum absolute atomic E-state index is 0.480. The van der Waals surface area contributed by atoms with Gasteiger partial charge in [-0.15, -0.1) is 11.8 Å². The van der Waals surface area contributed by atoms with E-state index in [2.05, 4.69) is 10.1 Å². The lowest BCUT2D eigenvalue weighted by Gasteiger charge is -2.07. The molecule has 0 amide bonds. The average Bonchev–Trinajstić information content (AvgIpc) is 3.11. The minimum atomic E-state index is 0.480. The molecule has 0 bridgehead atoms. The molecule has 0 aliphatic heterocycles. The van der Waals surface area contributed by atoms with Gasteiger partial charge < -0.3 is 14.0 Å². The van der Waals surface area contributed by atoms with Crippen molar-refractivity contribution in [2.45, 2.75) is 10.6 Å². The lowest BCUT2D eigenvalue weighted by atomic mass is 10.2. The van der Waals surface area contributed by atoms with Crippen molar-refractivity contribution < 1.29 is 14.0 Å². The first-order valence-corrected chi connectivity index (χ1v) is 8.97. The number of ether oxygens (including phenoxy) is 2. The Morgan fingerprint density at radius 3 is 2.60 bits per heavy atom. The van der Waals surface area contributed by atoms with E-state index in [0.717, 1.165) is 10.5 Å². The summed E-state index contributed by atoms with van der Waals surface area (Å²) in [6.45, 7) is 0. The van der Waals surface area contributed by atoms with Crippen molar-refractivity contribution >= 4 is 35.0 Å². The van der Waals surface area contributed by atoms with E-state index in [1.807, 2.05) is 6.07 Å². The third-order valence-electron chi connectivity index (χ3n) is 3.35. The lowest BCUT2D eigenvalue weighted by Crippen LogP contribution is -1.91. The molecule has 0 fully saturated rings. The van der Waals surface area contributed by atoms with Gasteiger partial charge in [-0.2, -0.15) is 4.98 Å². The molecule has 0 unspecified atom stereocenters. The minimum Gasteiger partial charge on any atom is -0.493 e. The first-order chi connectivity index (χ1) is 12.1. The highest BCUT2D eigenvalue weighted by Crippen LogP contribution is 2.33. The van der Waals surface area contributed by atoms with E-state index >= 15 is 0 Å². The third-order valence-corrected chi connectivity index (χ3v) is 5.07. The Hall–Kier alpha value is -1.89. The van der Waals surface area contributed by atoms with Crippen LogP contribution in [0.2, 0.25) is 10.0 Å². The van der Waals surface area contributed by atoms with Crippen molar-refractivity contribution in [2.24, 2.45) is 0 Å². The van der Waals surface area contributed by atoms with Crippen LogP contribution < -0.4 is 9.47 Å². The summed E-state index contributed by atoms with van der Waals surface area (Å²) in [5, 5.41) is 5.28. The molecule has 25 heavy (non-hydrogen) atoms. The third kappa shape index (κ3) is 4.21. The summed E-state index contributed by atoms with van der Waals surface area (Å²) < 4.78 is 15.8. The van der Waals surface area contributed by atoms with Crippen LogP contribution >= 0.6 is 35.0 Å². The lowest BCUT2D eigenvalue weighted by molar-refractivity contribution is 0.355. The molecule has 0 saturated carbocycles. The Balaban J connectivity index is 1.75. The highest BCUT2D eigenvalue weighted by molar-refractivity contribution is 7.98. The number of halogens is 2. The molecular formula is C17H14Cl2N2O3S. The molecule has 0 radical (unpaired) electrons. The van der Waals surface area contributed by atoms with Gasteiger partial charge in [0.05, 0.1) is 25.0 Å². The van der Waals surface area contributed by atoms with Gasteiger partial charge in [-0.25, -0.2) is 0 Å². The number of aromatic nitrogens is 2. The largest absolute Gasteiger partial charge is 0.493 e. The van der Waals surface area contributed by atoms with E-state index < -0.39 is 0 Å². The van der Waals surface area contributed by atoms with Gasteiger partial charge in [0, 0.05) is 15.5 Å². The molecule has 3 rings (SSSR count). The second-order valence-corrected chi connectivity index (χ2v) is 6.81. The molecule has 0 saturated heterocycles. The molecule has 130 valence electrons. The van der Waals surface area contributed by atoms with Crippen LogP contribution in [-0.2, 0) is 5.75 Å². The average molecular weight is 397 g/mol. The van der Waals surface area contributed by atoms with Gasteiger partial charge in [-0.3, -0.25) is 0 Å². The van der Waals surface area contributed by atoms with Crippen LogP contribution in [0, 0.1) is 0 Å². The summed E-state index contributed by atoms with van der Waals surface area (Å²) in [6, 6.07) is 10.8. The van der Waals surface area contributed by atoms with Crippen LogP contribution in [-0.4, -0.2) is 24.4 Å². The molecule has 3 aromatic rings. The van der Waals surface area contributed by atoms with Gasteiger partial charge in [0.15, 0.2) is 11.5 Å². The van der Waals surface area contributed by atoms with Gasteiger partial charge in [-0.1, -0.05) is 28.4 Å². The number of benzene rings is 2. The smallest absolute Gasteiger partial charge is 0.237 e. The predicted octanol–water partition coefficient (Wildman–Crippen LogP) is 5.35. The van der Waals surface area contributed by atoms with Crippen molar-refractivity contribution in [2.75, 3.05) is 14.2 Å². The Morgan fingerprint density at radius 2 is 1.84 bits per heavy atom. The fraction of sp³-hybridized carbons (Fsp3) is 0.176. The van der Waals surface area contributed by atoms with Crippen molar-refractivity contribution in [1.82, 2.24) is 10.1 Å². The quantitative estimate of drug-likeness (QED) is 0.523. The fourth-order valence-electron chi connectivity index (χ4n) is 2.13. The van der Waals surface area contributed by atoms with Crippen LogP contribution in [0.5, 0.6) is 11.5 Å². The number of hydrogen-bond acceptors (Lipinski definition) is 6. The van der Waals surface area contributed by atoms with Gasteiger partial charge in [0.25, 0.3) is 0 Å². The van der Waals surface area contributed by atoms with E-state index in [1.54, 1.807) is 44.6 Å². The van der Waals surface area contributed by atoms with Crippen molar-refractivity contribution in [3.8, 4) is 22.9 Å².